The molecule has 1 aliphatic rings. The fourth-order valence-electron chi connectivity index (χ4n) is 2.91. The van der Waals surface area contributed by atoms with E-state index in [0.717, 1.165) is 12.8 Å². The van der Waals surface area contributed by atoms with Crippen LogP contribution in [-0.2, 0) is 10.3 Å². The molecule has 1 aliphatic carbocycles. The molecule has 2 atom stereocenters. The van der Waals surface area contributed by atoms with Gasteiger partial charge in [0.05, 0.1) is 10.5 Å². The third-order valence-electron chi connectivity index (χ3n) is 3.78. The van der Waals surface area contributed by atoms with Gasteiger partial charge in [0.1, 0.15) is 11.4 Å². The van der Waals surface area contributed by atoms with E-state index in [2.05, 4.69) is 0 Å². The molecule has 0 aromatic heterocycles. The number of nitrogens with two attached hydrogens (primary N) is 1. The van der Waals surface area contributed by atoms with Crippen molar-refractivity contribution >= 4 is 5.69 Å². The Kier molecular flexibility index (Phi) is 3.82. The average molecular weight is 268 g/mol. The van der Waals surface area contributed by atoms with Crippen molar-refractivity contribution in [2.75, 3.05) is 7.11 Å². The largest absolute Gasteiger partial charge is 0.373 e. The lowest BCUT2D eigenvalue weighted by Gasteiger charge is -2.38. The monoisotopic (exact) mass is 268 g/mol. The van der Waals surface area contributed by atoms with Crippen LogP contribution in [0, 0.1) is 15.9 Å². The van der Waals surface area contributed by atoms with Crippen LogP contribution in [0.15, 0.2) is 18.2 Å². The van der Waals surface area contributed by atoms with Gasteiger partial charge < -0.3 is 10.5 Å². The molecular formula is C13H17FN2O3. The van der Waals surface area contributed by atoms with Gasteiger partial charge in [0.25, 0.3) is 5.69 Å². The molecule has 0 bridgehead atoms. The van der Waals surface area contributed by atoms with Crippen LogP contribution in [0.2, 0.25) is 0 Å². The van der Waals surface area contributed by atoms with E-state index in [0.29, 0.717) is 12.8 Å². The molecule has 1 fully saturated rings. The van der Waals surface area contributed by atoms with Crippen LogP contribution in [-0.4, -0.2) is 18.1 Å². The number of halogens is 1. The normalized spacial score (nSPS) is 27.2. The zero-order chi connectivity index (χ0) is 14.0. The van der Waals surface area contributed by atoms with Gasteiger partial charge in [-0.1, -0.05) is 6.07 Å². The summed E-state index contributed by atoms with van der Waals surface area (Å²) in [6.45, 7) is 0. The van der Waals surface area contributed by atoms with Gasteiger partial charge >= 0.3 is 0 Å². The van der Waals surface area contributed by atoms with Gasteiger partial charge in [-0.25, -0.2) is 4.39 Å². The van der Waals surface area contributed by atoms with Crippen LogP contribution in [0.4, 0.5) is 10.1 Å². The molecule has 19 heavy (non-hydrogen) atoms. The van der Waals surface area contributed by atoms with Crippen LogP contribution >= 0.6 is 0 Å². The second-order valence-corrected chi connectivity index (χ2v) is 4.95. The van der Waals surface area contributed by atoms with E-state index in [1.54, 1.807) is 0 Å². The van der Waals surface area contributed by atoms with E-state index in [4.69, 9.17) is 10.5 Å². The van der Waals surface area contributed by atoms with E-state index < -0.39 is 16.3 Å². The minimum Gasteiger partial charge on any atom is -0.373 e. The zero-order valence-corrected chi connectivity index (χ0v) is 10.8. The summed E-state index contributed by atoms with van der Waals surface area (Å²) in [4.78, 5) is 10.5. The lowest BCUT2D eigenvalue weighted by atomic mass is 9.76. The Morgan fingerprint density at radius 2 is 2.32 bits per heavy atom. The summed E-state index contributed by atoms with van der Waals surface area (Å²) in [7, 11) is 1.45. The van der Waals surface area contributed by atoms with Gasteiger partial charge in [-0.2, -0.15) is 0 Å². The van der Waals surface area contributed by atoms with Gasteiger partial charge in [0.15, 0.2) is 0 Å². The number of hydrogen-bond donors (Lipinski definition) is 1. The highest BCUT2D eigenvalue weighted by molar-refractivity contribution is 5.45. The first-order valence-electron chi connectivity index (χ1n) is 6.24. The molecule has 2 rings (SSSR count). The van der Waals surface area contributed by atoms with E-state index in [-0.39, 0.29) is 17.3 Å². The summed E-state index contributed by atoms with van der Waals surface area (Å²) in [6.07, 6.45) is 2.53. The minimum absolute atomic E-state index is 0.0256. The highest BCUT2D eigenvalue weighted by Crippen LogP contribution is 2.44. The Labute approximate surface area is 110 Å². The zero-order valence-electron chi connectivity index (χ0n) is 10.8. The number of nitrogens with zero attached hydrogens (tertiary/aromatic N) is 1. The first-order chi connectivity index (χ1) is 9.00. The number of nitro benzene ring substituents is 1. The van der Waals surface area contributed by atoms with Crippen molar-refractivity contribution in [1.82, 2.24) is 0 Å². The van der Waals surface area contributed by atoms with Crippen LogP contribution < -0.4 is 5.73 Å². The van der Waals surface area contributed by atoms with Crippen LogP contribution in [0.25, 0.3) is 0 Å². The average Bonchev–Trinajstić information content (AvgIpc) is 2.38. The second-order valence-electron chi connectivity index (χ2n) is 4.95. The van der Waals surface area contributed by atoms with E-state index >= 15 is 0 Å². The number of nitro groups is 1. The van der Waals surface area contributed by atoms with Crippen molar-refractivity contribution < 1.29 is 14.1 Å². The first kappa shape index (κ1) is 13.9. The van der Waals surface area contributed by atoms with E-state index in [1.165, 1.54) is 25.3 Å². The molecule has 0 amide bonds. The number of benzene rings is 1. The Balaban J connectivity index is 2.57. The standard InChI is InChI=1S/C13H17FN2O3/c1-19-13(7-3-4-9(15)8-13)12-10(14)5-2-6-11(12)16(17)18/h2,5-6,9H,3-4,7-8,15H2,1H3/t9-,13-/m1/s1. The summed E-state index contributed by atoms with van der Waals surface area (Å²) < 4.78 is 19.6. The molecule has 0 saturated heterocycles. The quantitative estimate of drug-likeness (QED) is 0.674. The Morgan fingerprint density at radius 1 is 1.58 bits per heavy atom. The second kappa shape index (κ2) is 5.22. The highest BCUT2D eigenvalue weighted by atomic mass is 19.1. The van der Waals surface area contributed by atoms with Crippen molar-refractivity contribution in [3.8, 4) is 0 Å². The molecule has 1 aromatic rings. The number of hydrogen-bond acceptors (Lipinski definition) is 4. The van der Waals surface area contributed by atoms with E-state index in [1.807, 2.05) is 0 Å². The Hall–Kier alpha value is -1.53. The maximum atomic E-state index is 14.1. The van der Waals surface area contributed by atoms with Crippen molar-refractivity contribution in [2.24, 2.45) is 5.73 Å². The van der Waals surface area contributed by atoms with Crippen molar-refractivity contribution in [2.45, 2.75) is 37.3 Å². The van der Waals surface area contributed by atoms with E-state index in [9.17, 15) is 14.5 Å². The minimum atomic E-state index is -0.995. The predicted molar refractivity (Wildman–Crippen MR) is 68.2 cm³/mol. The summed E-state index contributed by atoms with van der Waals surface area (Å²) in [5, 5.41) is 11.1. The fourth-order valence-corrected chi connectivity index (χ4v) is 2.91. The van der Waals surface area contributed by atoms with Gasteiger partial charge in [-0.15, -0.1) is 0 Å². The molecule has 0 unspecified atom stereocenters. The molecule has 0 spiro atoms. The Morgan fingerprint density at radius 3 is 2.89 bits per heavy atom. The predicted octanol–water partition coefficient (Wildman–Crippen LogP) is 2.48. The molecule has 2 N–H and O–H groups in total. The molecule has 5 nitrogen and oxygen atoms in total. The van der Waals surface area contributed by atoms with Crippen LogP contribution in [0.5, 0.6) is 0 Å². The molecule has 6 heteroatoms. The van der Waals surface area contributed by atoms with Crippen LogP contribution in [0.3, 0.4) is 0 Å². The Bertz CT molecular complexity index is 495. The maximum Gasteiger partial charge on any atom is 0.278 e. The molecule has 0 aliphatic heterocycles. The molecule has 1 saturated carbocycles. The maximum absolute atomic E-state index is 14.1. The SMILES string of the molecule is CO[C@]1(c2c(F)cccc2[N+](=O)[O-])CCC[C@@H](N)C1. The number of methoxy groups -OCH3 is 1. The van der Waals surface area contributed by atoms with Gasteiger partial charge in [-0.05, 0) is 31.7 Å². The molecule has 104 valence electrons. The summed E-state index contributed by atoms with van der Waals surface area (Å²) >= 11 is 0. The molecule has 0 heterocycles. The van der Waals surface area contributed by atoms with Gasteiger partial charge in [0.2, 0.25) is 0 Å². The third kappa shape index (κ3) is 2.46. The van der Waals surface area contributed by atoms with Gasteiger partial charge in [0, 0.05) is 19.2 Å². The molecular weight excluding hydrogens is 251 g/mol. The van der Waals surface area contributed by atoms with Crippen molar-refractivity contribution in [3.05, 3.63) is 39.7 Å². The number of ether oxygens (including phenoxy) is 1. The topological polar surface area (TPSA) is 78.4 Å². The molecule has 1 aromatic carbocycles. The van der Waals surface area contributed by atoms with Gasteiger partial charge in [-0.3, -0.25) is 10.1 Å². The summed E-state index contributed by atoms with van der Waals surface area (Å²) in [5.41, 5.74) is 4.72. The smallest absolute Gasteiger partial charge is 0.278 e. The highest BCUT2D eigenvalue weighted by Gasteiger charge is 2.43. The third-order valence-corrected chi connectivity index (χ3v) is 3.78. The first-order valence-corrected chi connectivity index (χ1v) is 6.24. The summed E-state index contributed by atoms with van der Waals surface area (Å²) in [6, 6.07) is 3.74. The molecule has 0 radical (unpaired) electrons. The number of rotatable bonds is 3. The van der Waals surface area contributed by atoms with Crippen molar-refractivity contribution in [1.29, 1.82) is 0 Å². The fraction of sp³-hybridized carbons (Fsp3) is 0.538. The summed E-state index contributed by atoms with van der Waals surface area (Å²) in [5.74, 6) is -0.606. The lowest BCUT2D eigenvalue weighted by Crippen LogP contribution is -2.41. The van der Waals surface area contributed by atoms with Crippen molar-refractivity contribution in [3.63, 3.8) is 0 Å². The lowest BCUT2D eigenvalue weighted by molar-refractivity contribution is -0.387. The van der Waals surface area contributed by atoms with Crippen LogP contribution in [0.1, 0.15) is 31.2 Å².